The fourth-order valence-electron chi connectivity index (χ4n) is 0.928. The molecule has 0 radical (unpaired) electrons. The third-order valence-electron chi connectivity index (χ3n) is 1.81. The zero-order valence-electron chi connectivity index (χ0n) is 7.56. The van der Waals surface area contributed by atoms with Crippen LogP contribution in [0.3, 0.4) is 0 Å². The molecule has 0 saturated carbocycles. The Balaban J connectivity index is 5.61. The van der Waals surface area contributed by atoms with Crippen LogP contribution in [0.2, 0.25) is 0 Å². The van der Waals surface area contributed by atoms with E-state index in [1.54, 1.807) is 0 Å². The first-order chi connectivity index (χ1) is 7.19. The summed E-state index contributed by atoms with van der Waals surface area (Å²) in [6, 6.07) is 0.906. The van der Waals surface area contributed by atoms with Crippen LogP contribution in [0.15, 0.2) is 0 Å². The lowest BCUT2D eigenvalue weighted by atomic mass is 9.83. The van der Waals surface area contributed by atoms with Crippen LogP contribution in [0, 0.1) is 17.2 Å². The highest BCUT2D eigenvalue weighted by atomic mass is 16.4. The molecule has 0 aromatic rings. The fraction of sp³-hybridized carbons (Fsp3) is 0.429. The molecular weight excluding hydrogens is 226 g/mol. The highest BCUT2D eigenvalue weighted by molar-refractivity contribution is 5.93. The number of hydrogen-bond donors (Lipinski definition) is 5. The highest BCUT2D eigenvalue weighted by Gasteiger charge is 2.57. The van der Waals surface area contributed by atoms with Crippen molar-refractivity contribution in [2.75, 3.05) is 0 Å². The zero-order valence-corrected chi connectivity index (χ0v) is 7.56. The first-order valence-corrected chi connectivity index (χ1v) is 3.68. The second-order valence-corrected chi connectivity index (χ2v) is 2.77. The molecular formula is C7H7NO8. The number of nitriles is 1. The Morgan fingerprint density at radius 2 is 1.56 bits per heavy atom. The molecule has 0 bridgehead atoms. The maximum absolute atomic E-state index is 10.6. The van der Waals surface area contributed by atoms with Crippen LogP contribution < -0.4 is 0 Å². The predicted molar refractivity (Wildman–Crippen MR) is 43.0 cm³/mol. The summed E-state index contributed by atoms with van der Waals surface area (Å²) in [7, 11) is 0. The summed E-state index contributed by atoms with van der Waals surface area (Å²) in [6.45, 7) is 0. The molecule has 0 aliphatic carbocycles. The number of aliphatic carboxylic acids is 3. The molecule has 88 valence electrons. The van der Waals surface area contributed by atoms with Crippen molar-refractivity contribution in [3.05, 3.63) is 0 Å². The highest BCUT2D eigenvalue weighted by Crippen LogP contribution is 2.23. The summed E-state index contributed by atoms with van der Waals surface area (Å²) in [4.78, 5) is 31.4. The lowest BCUT2D eigenvalue weighted by Gasteiger charge is -2.27. The van der Waals surface area contributed by atoms with Gasteiger partial charge in [-0.05, 0) is 0 Å². The predicted octanol–water partition coefficient (Wildman–Crippen LogP) is -2.53. The number of rotatable bonds is 5. The van der Waals surface area contributed by atoms with Crippen molar-refractivity contribution in [1.82, 2.24) is 0 Å². The van der Waals surface area contributed by atoms with E-state index in [0.29, 0.717) is 0 Å². The van der Waals surface area contributed by atoms with E-state index < -0.39 is 35.5 Å². The van der Waals surface area contributed by atoms with Gasteiger partial charge in [-0.1, -0.05) is 0 Å². The van der Waals surface area contributed by atoms with Gasteiger partial charge in [0.1, 0.15) is 0 Å². The largest absolute Gasteiger partial charge is 0.480 e. The van der Waals surface area contributed by atoms with Crippen molar-refractivity contribution in [3.8, 4) is 6.07 Å². The summed E-state index contributed by atoms with van der Waals surface area (Å²) in [5.41, 5.74) is -3.62. The number of nitrogens with zero attached hydrogens (tertiary/aromatic N) is 1. The molecule has 0 heterocycles. The van der Waals surface area contributed by atoms with Crippen molar-refractivity contribution in [2.24, 2.45) is 5.92 Å². The third-order valence-corrected chi connectivity index (χ3v) is 1.81. The number of hydrogen-bond acceptors (Lipinski definition) is 6. The first kappa shape index (κ1) is 13.8. The van der Waals surface area contributed by atoms with Gasteiger partial charge >= 0.3 is 17.9 Å². The van der Waals surface area contributed by atoms with Gasteiger partial charge in [0.2, 0.25) is 5.60 Å². The van der Waals surface area contributed by atoms with Crippen molar-refractivity contribution >= 4 is 17.9 Å². The molecule has 9 nitrogen and oxygen atoms in total. The molecule has 0 aromatic carbocycles. The molecule has 9 heteroatoms. The normalized spacial score (nSPS) is 17.6. The smallest absolute Gasteiger partial charge is 0.341 e. The molecule has 3 unspecified atom stereocenters. The van der Waals surface area contributed by atoms with Gasteiger partial charge in [0.05, 0.1) is 6.07 Å². The Labute approximate surface area is 87.8 Å². The second-order valence-electron chi connectivity index (χ2n) is 2.77. The molecule has 0 amide bonds. The third kappa shape index (κ3) is 2.08. The quantitative estimate of drug-likeness (QED) is 0.342. The van der Waals surface area contributed by atoms with E-state index in [-0.39, 0.29) is 0 Å². The Kier molecular flexibility index (Phi) is 3.94. The van der Waals surface area contributed by atoms with Crippen molar-refractivity contribution in [1.29, 1.82) is 5.26 Å². The van der Waals surface area contributed by atoms with E-state index in [0.717, 1.165) is 6.07 Å². The Hall–Kier alpha value is -2.18. The zero-order chi connectivity index (χ0) is 13.1. The lowest BCUT2D eigenvalue weighted by molar-refractivity contribution is -0.193. The average molecular weight is 233 g/mol. The maximum Gasteiger partial charge on any atom is 0.341 e. The van der Waals surface area contributed by atoms with E-state index >= 15 is 0 Å². The van der Waals surface area contributed by atoms with Gasteiger partial charge in [-0.3, -0.25) is 4.79 Å². The van der Waals surface area contributed by atoms with Crippen LogP contribution in [0.1, 0.15) is 0 Å². The standard InChI is InChI=1S/C7H7NO8/c8-1-2(4(10)11)7(16,6(14)15)3(9)5(12)13/h2-3,9,16H,(H,10,11)(H,12,13)(H,14,15). The molecule has 5 N–H and O–H groups in total. The summed E-state index contributed by atoms with van der Waals surface area (Å²) in [6.07, 6.45) is -2.94. The van der Waals surface area contributed by atoms with Gasteiger partial charge in [0.25, 0.3) is 0 Å². The van der Waals surface area contributed by atoms with Crippen LogP contribution in [0.25, 0.3) is 0 Å². The number of carboxylic acid groups (broad SMARTS) is 3. The number of carboxylic acids is 3. The molecule has 3 atom stereocenters. The van der Waals surface area contributed by atoms with E-state index in [1.165, 1.54) is 0 Å². The van der Waals surface area contributed by atoms with Crippen LogP contribution >= 0.6 is 0 Å². The minimum Gasteiger partial charge on any atom is -0.480 e. The summed E-state index contributed by atoms with van der Waals surface area (Å²) in [5.74, 6) is -9.16. The summed E-state index contributed by atoms with van der Waals surface area (Å²) >= 11 is 0. The fourth-order valence-corrected chi connectivity index (χ4v) is 0.928. The Morgan fingerprint density at radius 3 is 1.75 bits per heavy atom. The van der Waals surface area contributed by atoms with E-state index in [4.69, 9.17) is 25.7 Å². The van der Waals surface area contributed by atoms with Gasteiger partial charge in [-0.15, -0.1) is 0 Å². The summed E-state index contributed by atoms with van der Waals surface area (Å²) < 4.78 is 0. The van der Waals surface area contributed by atoms with Gasteiger partial charge in [0, 0.05) is 0 Å². The van der Waals surface area contributed by atoms with Crippen LogP contribution in [-0.4, -0.2) is 55.1 Å². The lowest BCUT2D eigenvalue weighted by Crippen LogP contribution is -2.59. The number of carbonyl (C=O) groups is 3. The van der Waals surface area contributed by atoms with Gasteiger partial charge < -0.3 is 25.5 Å². The Morgan fingerprint density at radius 1 is 1.12 bits per heavy atom. The molecule has 0 aliphatic heterocycles. The molecule has 0 rings (SSSR count). The molecule has 0 aromatic heterocycles. The number of aliphatic hydroxyl groups is 2. The SMILES string of the molecule is N#CC(C(=O)O)C(O)(C(=O)O)C(O)C(=O)O. The van der Waals surface area contributed by atoms with Gasteiger partial charge in [0.15, 0.2) is 12.0 Å². The monoisotopic (exact) mass is 233 g/mol. The first-order valence-electron chi connectivity index (χ1n) is 3.68. The minimum absolute atomic E-state index is 0.906. The summed E-state index contributed by atoms with van der Waals surface area (Å²) in [5, 5.41) is 51.9. The molecule has 0 fully saturated rings. The van der Waals surface area contributed by atoms with Gasteiger partial charge in [-0.2, -0.15) is 5.26 Å². The van der Waals surface area contributed by atoms with Crippen LogP contribution in [0.5, 0.6) is 0 Å². The van der Waals surface area contributed by atoms with Crippen molar-refractivity contribution in [3.63, 3.8) is 0 Å². The van der Waals surface area contributed by atoms with Crippen molar-refractivity contribution in [2.45, 2.75) is 11.7 Å². The number of aliphatic hydroxyl groups excluding tert-OH is 1. The van der Waals surface area contributed by atoms with Crippen molar-refractivity contribution < 1.29 is 39.9 Å². The average Bonchev–Trinajstić information content (AvgIpc) is 2.16. The topological polar surface area (TPSA) is 176 Å². The van der Waals surface area contributed by atoms with Crippen LogP contribution in [-0.2, 0) is 14.4 Å². The van der Waals surface area contributed by atoms with Gasteiger partial charge in [-0.25, -0.2) is 9.59 Å². The minimum atomic E-state index is -3.62. The molecule has 0 spiro atoms. The van der Waals surface area contributed by atoms with Crippen LogP contribution in [0.4, 0.5) is 0 Å². The molecule has 0 saturated heterocycles. The molecule has 0 aliphatic rings. The maximum atomic E-state index is 10.6. The molecule has 16 heavy (non-hydrogen) atoms. The Bertz CT molecular complexity index is 371. The van der Waals surface area contributed by atoms with E-state index in [1.807, 2.05) is 0 Å². The second kappa shape index (κ2) is 4.56. The van der Waals surface area contributed by atoms with E-state index in [9.17, 15) is 19.5 Å². The van der Waals surface area contributed by atoms with E-state index in [2.05, 4.69) is 0 Å².